The third-order valence-corrected chi connectivity index (χ3v) is 3.67. The van der Waals surface area contributed by atoms with Gasteiger partial charge in [-0.2, -0.15) is 26.3 Å². The number of halogens is 7. The summed E-state index contributed by atoms with van der Waals surface area (Å²) in [5.41, 5.74) is -2.74. The Kier molecular flexibility index (Phi) is 4.79. The Morgan fingerprint density at radius 2 is 1.39 bits per heavy atom. The SMILES string of the molecule is FC(F)(F)c1cnc2c(Cl)nccn12.O=c1[nH]ccn2c(C(F)(F)F)cnc12. The first-order valence-electron chi connectivity index (χ1n) is 7.17. The van der Waals surface area contributed by atoms with Crippen molar-refractivity contribution in [1.29, 1.82) is 0 Å². The Labute approximate surface area is 155 Å². The van der Waals surface area contributed by atoms with Crippen molar-refractivity contribution in [2.75, 3.05) is 0 Å². The molecule has 148 valence electrons. The van der Waals surface area contributed by atoms with Crippen LogP contribution < -0.4 is 5.56 Å². The summed E-state index contributed by atoms with van der Waals surface area (Å²) in [6.45, 7) is 0. The van der Waals surface area contributed by atoms with Crippen LogP contribution >= 0.6 is 11.6 Å². The molecular formula is C14H7ClF6N6O. The molecule has 0 unspecified atom stereocenters. The maximum atomic E-state index is 12.4. The van der Waals surface area contributed by atoms with E-state index in [0.29, 0.717) is 10.6 Å². The van der Waals surface area contributed by atoms with Gasteiger partial charge in [-0.25, -0.2) is 15.0 Å². The van der Waals surface area contributed by atoms with E-state index in [1.165, 1.54) is 6.20 Å². The second-order valence-electron chi connectivity index (χ2n) is 5.18. The molecule has 0 saturated carbocycles. The van der Waals surface area contributed by atoms with E-state index < -0.39 is 29.3 Å². The van der Waals surface area contributed by atoms with Crippen molar-refractivity contribution in [3.63, 3.8) is 0 Å². The van der Waals surface area contributed by atoms with Crippen molar-refractivity contribution < 1.29 is 26.3 Å². The van der Waals surface area contributed by atoms with E-state index in [2.05, 4.69) is 19.9 Å². The van der Waals surface area contributed by atoms with Gasteiger partial charge < -0.3 is 4.98 Å². The van der Waals surface area contributed by atoms with Crippen molar-refractivity contribution >= 4 is 22.9 Å². The number of aromatic amines is 1. The minimum atomic E-state index is -4.51. The standard InChI is InChI=1S/C7H3ClF3N3.C7H4F3N3O/c8-5-6-13-3-4(7(9,10)11)14(6)2-1-12-5;8-7(9,10)4-3-12-5-6(14)11-1-2-13(4)5/h1-3H;1-3H,(H,11,14). The summed E-state index contributed by atoms with van der Waals surface area (Å²) in [6.07, 6.45) is -3.01. The minimum Gasteiger partial charge on any atom is -0.324 e. The monoisotopic (exact) mass is 424 g/mol. The number of imidazole rings is 2. The lowest BCUT2D eigenvalue weighted by Gasteiger charge is -2.04. The zero-order chi connectivity index (χ0) is 20.7. The topological polar surface area (TPSA) is 80.4 Å². The molecule has 4 rings (SSSR count). The van der Waals surface area contributed by atoms with Crippen LogP contribution in [0.4, 0.5) is 26.3 Å². The smallest absolute Gasteiger partial charge is 0.324 e. The van der Waals surface area contributed by atoms with Crippen LogP contribution in [0.3, 0.4) is 0 Å². The van der Waals surface area contributed by atoms with Crippen LogP contribution in [0.1, 0.15) is 11.4 Å². The largest absolute Gasteiger partial charge is 0.433 e. The van der Waals surface area contributed by atoms with Crippen LogP contribution in [0.25, 0.3) is 11.3 Å². The Balaban J connectivity index is 0.000000161. The lowest BCUT2D eigenvalue weighted by molar-refractivity contribution is -0.142. The number of nitrogens with zero attached hydrogens (tertiary/aromatic N) is 5. The first kappa shape index (κ1) is 19.7. The van der Waals surface area contributed by atoms with Gasteiger partial charge in [-0.15, -0.1) is 0 Å². The fourth-order valence-electron chi connectivity index (χ4n) is 2.24. The van der Waals surface area contributed by atoms with Crippen LogP contribution in [-0.2, 0) is 12.4 Å². The molecule has 1 N–H and O–H groups in total. The average molecular weight is 425 g/mol. The van der Waals surface area contributed by atoms with Crippen LogP contribution in [0, 0.1) is 0 Å². The normalized spacial score (nSPS) is 12.2. The Bertz CT molecular complexity index is 1190. The first-order valence-corrected chi connectivity index (χ1v) is 7.54. The number of H-pyrrole nitrogens is 1. The lowest BCUT2D eigenvalue weighted by atomic mass is 10.4. The van der Waals surface area contributed by atoms with Gasteiger partial charge in [0.15, 0.2) is 10.8 Å². The Hall–Kier alpha value is -3.09. The van der Waals surface area contributed by atoms with E-state index >= 15 is 0 Å². The zero-order valence-electron chi connectivity index (χ0n) is 13.3. The summed E-state index contributed by atoms with van der Waals surface area (Å²) in [7, 11) is 0. The van der Waals surface area contributed by atoms with Crippen molar-refractivity contribution in [3.05, 3.63) is 64.1 Å². The fraction of sp³-hybridized carbons (Fsp3) is 0.143. The number of nitrogens with one attached hydrogen (secondary N) is 1. The molecule has 28 heavy (non-hydrogen) atoms. The molecule has 0 fully saturated rings. The van der Waals surface area contributed by atoms with Gasteiger partial charge in [0, 0.05) is 24.8 Å². The van der Waals surface area contributed by atoms with Gasteiger partial charge in [0.25, 0.3) is 5.56 Å². The van der Waals surface area contributed by atoms with Crippen LogP contribution in [0.5, 0.6) is 0 Å². The summed E-state index contributed by atoms with van der Waals surface area (Å²) in [4.78, 5) is 23.8. The van der Waals surface area contributed by atoms with E-state index in [-0.39, 0.29) is 16.4 Å². The molecule has 0 aliphatic carbocycles. The van der Waals surface area contributed by atoms with Gasteiger partial charge in [0.2, 0.25) is 5.65 Å². The second-order valence-corrected chi connectivity index (χ2v) is 5.53. The maximum absolute atomic E-state index is 12.4. The molecule has 0 amide bonds. The van der Waals surface area contributed by atoms with E-state index in [9.17, 15) is 31.1 Å². The number of rotatable bonds is 0. The summed E-state index contributed by atoms with van der Waals surface area (Å²) >= 11 is 5.56. The highest BCUT2D eigenvalue weighted by molar-refractivity contribution is 6.32. The molecule has 0 aliphatic rings. The molecule has 4 aromatic rings. The first-order chi connectivity index (χ1) is 13.0. The quantitative estimate of drug-likeness (QED) is 0.439. The van der Waals surface area contributed by atoms with Crippen molar-refractivity contribution in [3.8, 4) is 0 Å². The fourth-order valence-corrected chi connectivity index (χ4v) is 2.43. The van der Waals surface area contributed by atoms with Gasteiger partial charge in [0.05, 0.1) is 12.4 Å². The molecule has 4 heterocycles. The van der Waals surface area contributed by atoms with Gasteiger partial charge in [-0.3, -0.25) is 13.6 Å². The summed E-state index contributed by atoms with van der Waals surface area (Å²) in [6, 6.07) is 0. The summed E-state index contributed by atoms with van der Waals surface area (Å²) < 4.78 is 75.6. The Morgan fingerprint density at radius 3 is 1.96 bits per heavy atom. The third kappa shape index (κ3) is 3.65. The Morgan fingerprint density at radius 1 is 0.857 bits per heavy atom. The average Bonchev–Trinajstić information content (AvgIpc) is 3.19. The van der Waals surface area contributed by atoms with Crippen LogP contribution in [-0.4, -0.2) is 28.7 Å². The molecule has 4 aromatic heterocycles. The van der Waals surface area contributed by atoms with Gasteiger partial charge in [-0.1, -0.05) is 11.6 Å². The van der Waals surface area contributed by atoms with Crippen molar-refractivity contribution in [2.24, 2.45) is 0 Å². The predicted molar refractivity (Wildman–Crippen MR) is 83.8 cm³/mol. The number of aromatic nitrogens is 6. The molecule has 0 aliphatic heterocycles. The number of hydrogen-bond acceptors (Lipinski definition) is 4. The molecule has 0 saturated heterocycles. The van der Waals surface area contributed by atoms with Crippen LogP contribution in [0.2, 0.25) is 5.15 Å². The maximum Gasteiger partial charge on any atom is 0.433 e. The molecule has 0 radical (unpaired) electrons. The number of fused-ring (bicyclic) bond motifs is 2. The van der Waals surface area contributed by atoms with Crippen LogP contribution in [0.15, 0.2) is 42.0 Å². The van der Waals surface area contributed by atoms with Gasteiger partial charge in [0.1, 0.15) is 11.4 Å². The summed E-state index contributed by atoms with van der Waals surface area (Å²) in [5.74, 6) is 0. The van der Waals surface area contributed by atoms with E-state index in [0.717, 1.165) is 29.2 Å². The van der Waals surface area contributed by atoms with E-state index in [4.69, 9.17) is 11.6 Å². The minimum absolute atomic E-state index is 0.00138. The van der Waals surface area contributed by atoms with E-state index in [1.54, 1.807) is 0 Å². The highest BCUT2D eigenvalue weighted by atomic mass is 35.5. The molecule has 14 heteroatoms. The molecular weight excluding hydrogens is 418 g/mol. The number of hydrogen-bond donors (Lipinski definition) is 1. The second kappa shape index (κ2) is 6.82. The molecule has 0 aromatic carbocycles. The van der Waals surface area contributed by atoms with Gasteiger partial charge in [-0.05, 0) is 0 Å². The molecule has 0 atom stereocenters. The highest BCUT2D eigenvalue weighted by Crippen LogP contribution is 2.30. The highest BCUT2D eigenvalue weighted by Gasteiger charge is 2.35. The molecule has 0 spiro atoms. The van der Waals surface area contributed by atoms with E-state index in [1.807, 2.05) is 0 Å². The predicted octanol–water partition coefficient (Wildman–Crippen LogP) is 3.44. The van der Waals surface area contributed by atoms with Crippen molar-refractivity contribution in [2.45, 2.75) is 12.4 Å². The summed E-state index contributed by atoms with van der Waals surface area (Å²) in [5, 5.41) is -0.0528. The van der Waals surface area contributed by atoms with Crippen molar-refractivity contribution in [1.82, 2.24) is 28.7 Å². The zero-order valence-corrected chi connectivity index (χ0v) is 14.0. The molecule has 0 bridgehead atoms. The molecule has 7 nitrogen and oxygen atoms in total. The third-order valence-electron chi connectivity index (χ3n) is 3.40. The van der Waals surface area contributed by atoms with Gasteiger partial charge >= 0.3 is 12.4 Å². The number of alkyl halides is 6. The lowest BCUT2D eigenvalue weighted by Crippen LogP contribution is -2.13.